The number of nitrogens with one attached hydrogen (secondary N) is 1. The Morgan fingerprint density at radius 1 is 1.00 bits per heavy atom. The lowest BCUT2D eigenvalue weighted by Gasteiger charge is -2.44. The third-order valence-electron chi connectivity index (χ3n) is 3.91. The monoisotopic (exact) mass is 298 g/mol. The number of halogens is 3. The Labute approximate surface area is 116 Å². The second-order valence-corrected chi connectivity index (χ2v) is 5.05. The molecule has 1 saturated heterocycles. The van der Waals surface area contributed by atoms with E-state index in [-0.39, 0.29) is 18.9 Å². The Balaban J connectivity index is 2.09. The van der Waals surface area contributed by atoms with Crippen LogP contribution >= 0.6 is 0 Å². The van der Waals surface area contributed by atoms with Crippen LogP contribution in [0.15, 0.2) is 12.1 Å². The van der Waals surface area contributed by atoms with Crippen LogP contribution in [-0.2, 0) is 9.59 Å². The van der Waals surface area contributed by atoms with Crippen molar-refractivity contribution in [3.05, 3.63) is 29.6 Å². The zero-order valence-corrected chi connectivity index (χ0v) is 10.6. The lowest BCUT2D eigenvalue weighted by atomic mass is 9.66. The van der Waals surface area contributed by atoms with Gasteiger partial charge in [0.2, 0.25) is 5.91 Å². The number of hydrogen-bond donors (Lipinski definition) is 1. The number of imide groups is 2. The summed E-state index contributed by atoms with van der Waals surface area (Å²) in [4.78, 5) is 36.3. The first-order chi connectivity index (χ1) is 9.86. The maximum absolute atomic E-state index is 13.8. The molecule has 0 bridgehead atoms. The van der Waals surface area contributed by atoms with Gasteiger partial charge in [-0.15, -0.1) is 0 Å². The number of carbonyl (C=O) groups excluding carboxylic acids is 3. The highest BCUT2D eigenvalue weighted by atomic mass is 19.2. The zero-order valence-electron chi connectivity index (χ0n) is 10.6. The maximum atomic E-state index is 13.8. The molecule has 1 spiro atoms. The van der Waals surface area contributed by atoms with Gasteiger partial charge in [-0.05, 0) is 12.8 Å². The summed E-state index contributed by atoms with van der Waals surface area (Å²) >= 11 is 0. The first kappa shape index (κ1) is 13.6. The summed E-state index contributed by atoms with van der Waals surface area (Å²) in [5.74, 6) is -5.74. The van der Waals surface area contributed by atoms with Crippen molar-refractivity contribution in [1.29, 1.82) is 0 Å². The Bertz CT molecular complexity index is 685. The smallest absolute Gasteiger partial charge is 0.276 e. The average molecular weight is 298 g/mol. The number of urea groups is 1. The number of benzene rings is 1. The number of barbiturate groups is 1. The predicted octanol–water partition coefficient (Wildman–Crippen LogP) is 1.86. The lowest BCUT2D eigenvalue weighted by Crippen LogP contribution is -2.66. The first-order valence-electron chi connectivity index (χ1n) is 6.21. The molecule has 1 saturated carbocycles. The fourth-order valence-corrected chi connectivity index (χ4v) is 2.55. The maximum Gasteiger partial charge on any atom is 0.335 e. The molecule has 8 heteroatoms. The summed E-state index contributed by atoms with van der Waals surface area (Å²) in [5.41, 5.74) is -2.12. The summed E-state index contributed by atoms with van der Waals surface area (Å²) in [6, 6.07) is -0.508. The molecule has 1 N–H and O–H groups in total. The third kappa shape index (κ3) is 1.75. The molecule has 1 heterocycles. The second kappa shape index (κ2) is 4.31. The highest BCUT2D eigenvalue weighted by Gasteiger charge is 2.58. The molecular weight excluding hydrogens is 289 g/mol. The fraction of sp³-hybridized carbons (Fsp3) is 0.308. The number of hydrogen-bond acceptors (Lipinski definition) is 3. The topological polar surface area (TPSA) is 66.5 Å². The van der Waals surface area contributed by atoms with Crippen LogP contribution in [0.4, 0.5) is 23.7 Å². The quantitative estimate of drug-likeness (QED) is 0.635. The minimum Gasteiger partial charge on any atom is -0.276 e. The van der Waals surface area contributed by atoms with Crippen LogP contribution in [0.3, 0.4) is 0 Å². The zero-order chi connectivity index (χ0) is 15.4. The van der Waals surface area contributed by atoms with E-state index in [4.69, 9.17) is 0 Å². The molecule has 110 valence electrons. The minimum absolute atomic E-state index is 0.229. The van der Waals surface area contributed by atoms with Gasteiger partial charge in [-0.25, -0.2) is 22.9 Å². The van der Waals surface area contributed by atoms with E-state index in [0.29, 0.717) is 17.4 Å². The summed E-state index contributed by atoms with van der Waals surface area (Å²) in [6.45, 7) is 0. The van der Waals surface area contributed by atoms with Crippen molar-refractivity contribution >= 4 is 23.5 Å². The van der Waals surface area contributed by atoms with Crippen LogP contribution in [0, 0.1) is 22.9 Å². The SMILES string of the molecule is O=C1NC(=O)C2(CCC2)C(=O)N1c1cc(F)c(F)cc1F. The molecule has 4 amide bonds. The summed E-state index contributed by atoms with van der Waals surface area (Å²) < 4.78 is 40.0. The van der Waals surface area contributed by atoms with Crippen molar-refractivity contribution in [3.8, 4) is 0 Å². The van der Waals surface area contributed by atoms with Gasteiger partial charge in [-0.3, -0.25) is 14.9 Å². The van der Waals surface area contributed by atoms with E-state index in [1.807, 2.05) is 5.32 Å². The van der Waals surface area contributed by atoms with Crippen LogP contribution in [0.2, 0.25) is 0 Å². The number of anilines is 1. The molecule has 3 rings (SSSR count). The van der Waals surface area contributed by atoms with E-state index in [9.17, 15) is 27.6 Å². The standard InChI is InChI=1S/C13H9F3N2O3/c14-6-4-8(16)9(5-7(6)15)18-11(20)13(2-1-3-13)10(19)17-12(18)21/h4-5H,1-3H2,(H,17,19,21). The highest BCUT2D eigenvalue weighted by molar-refractivity contribution is 6.30. The molecule has 2 aliphatic rings. The molecule has 1 aliphatic heterocycles. The molecule has 5 nitrogen and oxygen atoms in total. The Morgan fingerprint density at radius 2 is 1.62 bits per heavy atom. The van der Waals surface area contributed by atoms with Gasteiger partial charge in [0, 0.05) is 12.1 Å². The van der Waals surface area contributed by atoms with Gasteiger partial charge in [0.1, 0.15) is 5.41 Å². The average Bonchev–Trinajstić information content (AvgIpc) is 2.33. The lowest BCUT2D eigenvalue weighted by molar-refractivity contribution is -0.148. The van der Waals surface area contributed by atoms with Crippen LogP contribution in [0.5, 0.6) is 0 Å². The van der Waals surface area contributed by atoms with Crippen molar-refractivity contribution < 1.29 is 27.6 Å². The highest BCUT2D eigenvalue weighted by Crippen LogP contribution is 2.45. The number of amides is 4. The molecule has 1 aliphatic carbocycles. The summed E-state index contributed by atoms with van der Waals surface area (Å²) in [7, 11) is 0. The van der Waals surface area contributed by atoms with Gasteiger partial charge in [0.25, 0.3) is 5.91 Å². The van der Waals surface area contributed by atoms with E-state index in [2.05, 4.69) is 0 Å². The number of rotatable bonds is 1. The van der Waals surface area contributed by atoms with Crippen molar-refractivity contribution in [3.63, 3.8) is 0 Å². The van der Waals surface area contributed by atoms with Crippen LogP contribution in [-0.4, -0.2) is 17.8 Å². The van der Waals surface area contributed by atoms with Crippen molar-refractivity contribution in [2.75, 3.05) is 4.90 Å². The number of nitrogens with zero attached hydrogens (tertiary/aromatic N) is 1. The normalized spacial score (nSPS) is 20.5. The first-order valence-corrected chi connectivity index (χ1v) is 6.21. The Morgan fingerprint density at radius 3 is 2.19 bits per heavy atom. The van der Waals surface area contributed by atoms with Crippen molar-refractivity contribution in [2.45, 2.75) is 19.3 Å². The molecule has 0 atom stereocenters. The molecule has 1 aromatic carbocycles. The van der Waals surface area contributed by atoms with Crippen LogP contribution < -0.4 is 10.2 Å². The van der Waals surface area contributed by atoms with Gasteiger partial charge in [0.15, 0.2) is 17.5 Å². The largest absolute Gasteiger partial charge is 0.335 e. The van der Waals surface area contributed by atoms with Gasteiger partial charge in [-0.1, -0.05) is 6.42 Å². The Hall–Kier alpha value is -2.38. The molecular formula is C13H9F3N2O3. The van der Waals surface area contributed by atoms with Gasteiger partial charge < -0.3 is 0 Å². The van der Waals surface area contributed by atoms with E-state index in [1.165, 1.54) is 0 Å². The Kier molecular flexibility index (Phi) is 2.79. The molecule has 0 aromatic heterocycles. The number of carbonyl (C=O) groups is 3. The predicted molar refractivity (Wildman–Crippen MR) is 63.6 cm³/mol. The van der Waals surface area contributed by atoms with Gasteiger partial charge >= 0.3 is 6.03 Å². The van der Waals surface area contributed by atoms with E-state index in [0.717, 1.165) is 0 Å². The van der Waals surface area contributed by atoms with Crippen molar-refractivity contribution in [2.24, 2.45) is 5.41 Å². The molecule has 2 fully saturated rings. The van der Waals surface area contributed by atoms with Crippen LogP contribution in [0.1, 0.15) is 19.3 Å². The molecule has 0 unspecified atom stereocenters. The summed E-state index contributed by atoms with van der Waals surface area (Å²) in [6.07, 6.45) is 1.07. The van der Waals surface area contributed by atoms with E-state index in [1.54, 1.807) is 0 Å². The van der Waals surface area contributed by atoms with E-state index >= 15 is 0 Å². The second-order valence-electron chi connectivity index (χ2n) is 5.05. The van der Waals surface area contributed by atoms with Gasteiger partial charge in [0.05, 0.1) is 5.69 Å². The van der Waals surface area contributed by atoms with Crippen molar-refractivity contribution in [1.82, 2.24) is 5.32 Å². The molecule has 21 heavy (non-hydrogen) atoms. The van der Waals surface area contributed by atoms with Gasteiger partial charge in [-0.2, -0.15) is 0 Å². The van der Waals surface area contributed by atoms with E-state index < -0.39 is 46.4 Å². The third-order valence-corrected chi connectivity index (χ3v) is 3.91. The molecule has 0 radical (unpaired) electrons. The summed E-state index contributed by atoms with van der Waals surface area (Å²) in [5, 5.41) is 1.96. The minimum atomic E-state index is -1.43. The molecule has 1 aromatic rings. The van der Waals surface area contributed by atoms with Crippen LogP contribution in [0.25, 0.3) is 0 Å². The fourth-order valence-electron chi connectivity index (χ4n) is 2.55.